The van der Waals surface area contributed by atoms with Crippen LogP contribution in [-0.2, 0) is 4.79 Å². The molecule has 1 saturated carbocycles. The topological polar surface area (TPSA) is 37.3 Å². The van der Waals surface area contributed by atoms with E-state index in [1.165, 1.54) is 0 Å². The second-order valence-electron chi connectivity index (χ2n) is 2.69. The average Bonchev–Trinajstić information content (AvgIpc) is 2.42. The van der Waals surface area contributed by atoms with E-state index in [2.05, 4.69) is 0 Å². The molecule has 0 saturated heterocycles. The summed E-state index contributed by atoms with van der Waals surface area (Å²) in [6.45, 7) is 0. The van der Waals surface area contributed by atoms with Gasteiger partial charge in [-0.25, -0.2) is 0 Å². The van der Waals surface area contributed by atoms with Crippen LogP contribution in [0.2, 0.25) is 0 Å². The fourth-order valence-corrected chi connectivity index (χ4v) is 1.04. The first kappa shape index (κ1) is 8.36. The van der Waals surface area contributed by atoms with Gasteiger partial charge in [-0.3, -0.25) is 4.79 Å². The first-order chi connectivity index (χ1) is 4.93. The lowest BCUT2D eigenvalue weighted by Gasteiger charge is -2.14. The van der Waals surface area contributed by atoms with Gasteiger partial charge in [0.2, 0.25) is 0 Å². The van der Waals surface area contributed by atoms with Crippen LogP contribution < -0.4 is 0 Å². The minimum atomic E-state index is -4.58. The van der Waals surface area contributed by atoms with E-state index in [0.717, 1.165) is 0 Å². The molecular weight excluding hydrogens is 161 g/mol. The molecule has 0 aromatic carbocycles. The van der Waals surface area contributed by atoms with Gasteiger partial charge >= 0.3 is 12.1 Å². The summed E-state index contributed by atoms with van der Waals surface area (Å²) in [4.78, 5) is 10.1. The second kappa shape index (κ2) is 2.39. The lowest BCUT2D eigenvalue weighted by molar-refractivity contribution is -0.197. The average molecular weight is 168 g/mol. The SMILES string of the molecule is O=C(O)C(C1CC1)C(F)(F)F. The quantitative estimate of drug-likeness (QED) is 0.680. The number of aliphatic carboxylic acids is 1. The highest BCUT2D eigenvalue weighted by Gasteiger charge is 2.53. The molecule has 2 nitrogen and oxygen atoms in total. The molecule has 0 heterocycles. The normalized spacial score (nSPS) is 21.4. The standard InChI is InChI=1S/C6H7F3O2/c7-6(8,9)4(5(10)11)3-1-2-3/h3-4H,1-2H2,(H,10,11). The summed E-state index contributed by atoms with van der Waals surface area (Å²) < 4.78 is 35.6. The number of carboxylic acid groups (broad SMARTS) is 1. The van der Waals surface area contributed by atoms with Crippen molar-refractivity contribution in [2.45, 2.75) is 19.0 Å². The van der Waals surface area contributed by atoms with Gasteiger partial charge in [-0.1, -0.05) is 0 Å². The molecule has 0 spiro atoms. The Balaban J connectivity index is 2.66. The van der Waals surface area contributed by atoms with Gasteiger partial charge in [-0.2, -0.15) is 13.2 Å². The van der Waals surface area contributed by atoms with Crippen LogP contribution in [-0.4, -0.2) is 17.3 Å². The minimum absolute atomic E-state index is 0.385. The Morgan fingerprint density at radius 3 is 2.00 bits per heavy atom. The lowest BCUT2D eigenvalue weighted by Crippen LogP contribution is -2.32. The number of carbonyl (C=O) groups is 1. The molecule has 1 N–H and O–H groups in total. The van der Waals surface area contributed by atoms with E-state index in [1.807, 2.05) is 0 Å². The van der Waals surface area contributed by atoms with Crippen LogP contribution in [0.25, 0.3) is 0 Å². The second-order valence-corrected chi connectivity index (χ2v) is 2.69. The summed E-state index contributed by atoms with van der Waals surface area (Å²) in [5.41, 5.74) is 0. The Kier molecular flexibility index (Phi) is 1.82. The maximum Gasteiger partial charge on any atom is 0.402 e. The predicted octanol–water partition coefficient (Wildman–Crippen LogP) is 1.66. The van der Waals surface area contributed by atoms with Crippen LogP contribution in [0.5, 0.6) is 0 Å². The Labute approximate surface area is 61.0 Å². The van der Waals surface area contributed by atoms with Gasteiger partial charge in [0.05, 0.1) is 0 Å². The smallest absolute Gasteiger partial charge is 0.402 e. The summed E-state index contributed by atoms with van der Waals surface area (Å²) in [5, 5.41) is 8.20. The molecular formula is C6H7F3O2. The van der Waals surface area contributed by atoms with Gasteiger partial charge in [0.1, 0.15) is 0 Å². The molecule has 1 unspecified atom stereocenters. The molecule has 0 aromatic heterocycles. The van der Waals surface area contributed by atoms with Crippen molar-refractivity contribution >= 4 is 5.97 Å². The molecule has 11 heavy (non-hydrogen) atoms. The molecule has 1 rings (SSSR count). The molecule has 0 aromatic rings. The number of hydrogen-bond acceptors (Lipinski definition) is 1. The van der Waals surface area contributed by atoms with Crippen LogP contribution in [0.3, 0.4) is 0 Å². The molecule has 0 amide bonds. The maximum absolute atomic E-state index is 11.9. The molecule has 1 atom stereocenters. The number of rotatable bonds is 2. The van der Waals surface area contributed by atoms with Crippen LogP contribution in [0.4, 0.5) is 13.2 Å². The van der Waals surface area contributed by atoms with E-state index in [1.54, 1.807) is 0 Å². The Hall–Kier alpha value is -0.740. The zero-order valence-corrected chi connectivity index (χ0v) is 5.56. The Morgan fingerprint density at radius 1 is 1.45 bits per heavy atom. The van der Waals surface area contributed by atoms with Crippen LogP contribution in [0.15, 0.2) is 0 Å². The lowest BCUT2D eigenvalue weighted by atomic mass is 10.0. The molecule has 1 fully saturated rings. The summed E-state index contributed by atoms with van der Waals surface area (Å²) >= 11 is 0. The molecule has 0 aliphatic heterocycles. The van der Waals surface area contributed by atoms with Gasteiger partial charge in [0.25, 0.3) is 0 Å². The molecule has 5 heteroatoms. The first-order valence-corrected chi connectivity index (χ1v) is 3.22. The molecule has 1 aliphatic rings. The van der Waals surface area contributed by atoms with Crippen molar-refractivity contribution in [3.63, 3.8) is 0 Å². The van der Waals surface area contributed by atoms with Crippen molar-refractivity contribution < 1.29 is 23.1 Å². The number of carboxylic acids is 1. The van der Waals surface area contributed by atoms with Gasteiger partial charge < -0.3 is 5.11 Å². The molecule has 1 aliphatic carbocycles. The first-order valence-electron chi connectivity index (χ1n) is 3.22. The van der Waals surface area contributed by atoms with E-state index >= 15 is 0 Å². The fourth-order valence-electron chi connectivity index (χ4n) is 1.04. The van der Waals surface area contributed by atoms with E-state index in [9.17, 15) is 18.0 Å². The summed E-state index contributed by atoms with van der Waals surface area (Å²) in [6.07, 6.45) is -3.81. The highest BCUT2D eigenvalue weighted by molar-refractivity contribution is 5.71. The summed E-state index contributed by atoms with van der Waals surface area (Å²) in [5.74, 6) is -4.56. The zero-order chi connectivity index (χ0) is 8.65. The van der Waals surface area contributed by atoms with Crippen molar-refractivity contribution in [3.8, 4) is 0 Å². The third-order valence-electron chi connectivity index (χ3n) is 1.71. The van der Waals surface area contributed by atoms with Crippen LogP contribution in [0.1, 0.15) is 12.8 Å². The van der Waals surface area contributed by atoms with Gasteiger partial charge in [-0.15, -0.1) is 0 Å². The van der Waals surface area contributed by atoms with Crippen LogP contribution in [0, 0.1) is 11.8 Å². The molecule has 0 radical (unpaired) electrons. The van der Waals surface area contributed by atoms with E-state index in [0.29, 0.717) is 12.8 Å². The summed E-state index contributed by atoms with van der Waals surface area (Å²) in [6, 6.07) is 0. The Bertz CT molecular complexity index is 171. The van der Waals surface area contributed by atoms with Crippen molar-refractivity contribution in [3.05, 3.63) is 0 Å². The van der Waals surface area contributed by atoms with Crippen molar-refractivity contribution in [1.82, 2.24) is 0 Å². The number of alkyl halides is 3. The highest BCUT2D eigenvalue weighted by atomic mass is 19.4. The van der Waals surface area contributed by atoms with Crippen molar-refractivity contribution in [1.29, 1.82) is 0 Å². The molecule has 0 bridgehead atoms. The zero-order valence-electron chi connectivity index (χ0n) is 5.56. The monoisotopic (exact) mass is 168 g/mol. The predicted molar refractivity (Wildman–Crippen MR) is 29.9 cm³/mol. The van der Waals surface area contributed by atoms with Crippen molar-refractivity contribution in [2.75, 3.05) is 0 Å². The van der Waals surface area contributed by atoms with E-state index in [4.69, 9.17) is 5.11 Å². The van der Waals surface area contributed by atoms with Crippen LogP contribution >= 0.6 is 0 Å². The van der Waals surface area contributed by atoms with E-state index in [-0.39, 0.29) is 0 Å². The highest BCUT2D eigenvalue weighted by Crippen LogP contribution is 2.45. The van der Waals surface area contributed by atoms with Gasteiger partial charge in [0, 0.05) is 0 Å². The van der Waals surface area contributed by atoms with Crippen molar-refractivity contribution in [2.24, 2.45) is 11.8 Å². The Morgan fingerprint density at radius 2 is 1.91 bits per heavy atom. The summed E-state index contributed by atoms with van der Waals surface area (Å²) in [7, 11) is 0. The molecule has 64 valence electrons. The third kappa shape index (κ3) is 1.85. The number of hydrogen-bond donors (Lipinski definition) is 1. The largest absolute Gasteiger partial charge is 0.481 e. The fraction of sp³-hybridized carbons (Fsp3) is 0.833. The van der Waals surface area contributed by atoms with Gasteiger partial charge in [-0.05, 0) is 18.8 Å². The minimum Gasteiger partial charge on any atom is -0.481 e. The third-order valence-corrected chi connectivity index (χ3v) is 1.71. The van der Waals surface area contributed by atoms with Gasteiger partial charge in [0.15, 0.2) is 5.92 Å². The maximum atomic E-state index is 11.9. The van der Waals surface area contributed by atoms with E-state index < -0.39 is 24.0 Å². The number of halogens is 3.